The van der Waals surface area contributed by atoms with Crippen LogP contribution in [0.2, 0.25) is 0 Å². The van der Waals surface area contributed by atoms with Crippen LogP contribution >= 0.6 is 35.0 Å². The minimum absolute atomic E-state index is 0.115. The minimum Gasteiger partial charge on any atom is -0.466 e. The third-order valence-electron chi connectivity index (χ3n) is 13.3. The number of hydrogen-bond donors (Lipinski definition) is 2. The maximum absolute atomic E-state index is 13.4. The zero-order valence-corrected chi connectivity index (χ0v) is 39.6. The number of amides is 2. The van der Waals surface area contributed by atoms with Gasteiger partial charge in [-0.3, -0.25) is 19.2 Å². The number of benzene rings is 2. The van der Waals surface area contributed by atoms with Gasteiger partial charge in [-0.05, 0) is 123 Å². The van der Waals surface area contributed by atoms with E-state index in [2.05, 4.69) is 72.4 Å². The number of carbonyl (C=O) groups is 4. The average molecular weight is 936 g/mol. The van der Waals surface area contributed by atoms with Gasteiger partial charge in [-0.2, -0.15) is 0 Å². The standard InChI is InChI=1S/C52H56Cl2N4O6S/c1-5-63-49(61)37-17-23-57(24-18-37)47(59)13-7-35-15-21-51(45(53)27-35,39-9-11-43-41(29-39)33(3)31-55-43)65-52(40-10-12-44-42(30-40)34(4)32-56-44)22-16-36(28-46(52)54)8-14-48(60)58-25-19-38(20-26-58)50(62)64-6-2/h7-16,21-22,27-32,37-38,45-46,55-56H,5-6,17-20,23-26H2,1-4H3/b13-7+,14-8+. The summed E-state index contributed by atoms with van der Waals surface area (Å²) in [5.41, 5.74) is 7.88. The zero-order valence-electron chi connectivity index (χ0n) is 37.3. The van der Waals surface area contributed by atoms with Crippen LogP contribution in [0.5, 0.6) is 0 Å². The lowest BCUT2D eigenvalue weighted by molar-refractivity contribution is -0.151. The second-order valence-corrected chi connectivity index (χ2v) is 19.8. The number of allylic oxidation sites excluding steroid dienone is 8. The summed E-state index contributed by atoms with van der Waals surface area (Å²) in [5, 5.41) is 1.00. The molecule has 2 amide bonds. The van der Waals surface area contributed by atoms with Crippen molar-refractivity contribution >= 4 is 80.5 Å². The quantitative estimate of drug-likeness (QED) is 0.0824. The van der Waals surface area contributed by atoms with Crippen LogP contribution in [0.25, 0.3) is 21.8 Å². The van der Waals surface area contributed by atoms with Crippen molar-refractivity contribution in [2.24, 2.45) is 11.8 Å². The van der Waals surface area contributed by atoms with E-state index in [0.717, 1.165) is 55.2 Å². The Morgan fingerprint density at radius 2 is 1.08 bits per heavy atom. The largest absolute Gasteiger partial charge is 0.466 e. The Morgan fingerprint density at radius 3 is 1.45 bits per heavy atom. The molecule has 0 bridgehead atoms. The van der Waals surface area contributed by atoms with Crippen LogP contribution in [0.4, 0.5) is 0 Å². The second kappa shape index (κ2) is 19.7. The molecule has 2 saturated heterocycles. The number of fused-ring (bicyclic) bond motifs is 2. The van der Waals surface area contributed by atoms with E-state index in [9.17, 15) is 19.2 Å². The number of H-pyrrole nitrogens is 2. The van der Waals surface area contributed by atoms with Gasteiger partial charge in [-0.1, -0.05) is 48.6 Å². The number of aromatic nitrogens is 2. The molecule has 13 heteroatoms. The zero-order chi connectivity index (χ0) is 45.9. The van der Waals surface area contributed by atoms with Crippen molar-refractivity contribution in [1.29, 1.82) is 0 Å². The molecule has 0 spiro atoms. The molecule has 2 aliphatic carbocycles. The van der Waals surface area contributed by atoms with E-state index in [1.807, 2.05) is 48.8 Å². The molecule has 2 N–H and O–H groups in total. The van der Waals surface area contributed by atoms with Crippen molar-refractivity contribution in [3.8, 4) is 0 Å². The number of carbonyl (C=O) groups excluding carboxylic acids is 4. The summed E-state index contributed by atoms with van der Waals surface area (Å²) in [6.07, 6.45) is 25.5. The van der Waals surface area contributed by atoms with Gasteiger partial charge in [0.15, 0.2) is 0 Å². The molecular weight excluding hydrogens is 880 g/mol. The van der Waals surface area contributed by atoms with Crippen molar-refractivity contribution in [1.82, 2.24) is 19.8 Å². The molecular formula is C52H56Cl2N4O6S. The molecule has 4 atom stereocenters. The Bertz CT molecular complexity index is 2480. The van der Waals surface area contributed by atoms with Crippen molar-refractivity contribution < 1.29 is 28.7 Å². The summed E-state index contributed by atoms with van der Waals surface area (Å²) in [6, 6.07) is 12.8. The Labute approximate surface area is 394 Å². The van der Waals surface area contributed by atoms with Gasteiger partial charge in [0.2, 0.25) is 11.8 Å². The van der Waals surface area contributed by atoms with E-state index in [1.165, 1.54) is 0 Å². The number of esters is 2. The number of hydrogen-bond acceptors (Lipinski definition) is 7. The predicted molar refractivity (Wildman–Crippen MR) is 261 cm³/mol. The van der Waals surface area contributed by atoms with Crippen LogP contribution < -0.4 is 0 Å². The Hall–Kier alpha value is -5.23. The fraction of sp³-hybridized carbons (Fsp3) is 0.385. The molecule has 2 aliphatic heterocycles. The van der Waals surface area contributed by atoms with Crippen molar-refractivity contribution in [2.75, 3.05) is 39.4 Å². The summed E-state index contributed by atoms with van der Waals surface area (Å²) in [5.74, 6) is -0.988. The van der Waals surface area contributed by atoms with Crippen LogP contribution in [0.1, 0.15) is 61.8 Å². The van der Waals surface area contributed by atoms with Crippen LogP contribution in [0, 0.1) is 25.7 Å². The van der Waals surface area contributed by atoms with Crippen molar-refractivity contribution in [3.05, 3.63) is 143 Å². The number of thioether (sulfide) groups is 1. The number of nitrogens with zero attached hydrogens (tertiary/aromatic N) is 2. The van der Waals surface area contributed by atoms with Gasteiger partial charge in [0, 0.05) is 72.5 Å². The first kappa shape index (κ1) is 46.3. The first-order valence-corrected chi connectivity index (χ1v) is 24.3. The third-order valence-corrected chi connectivity index (χ3v) is 16.4. The summed E-state index contributed by atoms with van der Waals surface area (Å²) >= 11 is 17.1. The molecule has 2 aromatic heterocycles. The monoisotopic (exact) mass is 934 g/mol. The molecule has 340 valence electrons. The predicted octanol–water partition coefficient (Wildman–Crippen LogP) is 10.0. The molecule has 4 aromatic rings. The molecule has 10 nitrogen and oxygen atoms in total. The number of aromatic amines is 2. The number of rotatable bonds is 12. The van der Waals surface area contributed by atoms with Crippen LogP contribution in [0.15, 0.2) is 121 Å². The number of aryl methyl sites for hydroxylation is 2. The normalized spacial score (nSPS) is 24.3. The maximum atomic E-state index is 13.4. The number of nitrogens with one attached hydrogen (secondary N) is 2. The molecule has 2 fully saturated rings. The van der Waals surface area contributed by atoms with E-state index in [1.54, 1.807) is 47.6 Å². The number of ether oxygens (including phenoxy) is 2. The fourth-order valence-corrected chi connectivity index (χ4v) is 12.0. The Balaban J connectivity index is 1.10. The van der Waals surface area contributed by atoms with Gasteiger partial charge < -0.3 is 29.2 Å². The highest BCUT2D eigenvalue weighted by Crippen LogP contribution is 2.59. The molecule has 4 heterocycles. The first-order chi connectivity index (χ1) is 31.3. The van der Waals surface area contributed by atoms with Crippen LogP contribution in [-0.4, -0.2) is 93.7 Å². The van der Waals surface area contributed by atoms with Gasteiger partial charge >= 0.3 is 11.9 Å². The summed E-state index contributed by atoms with van der Waals surface area (Å²) in [4.78, 5) is 61.7. The van der Waals surface area contributed by atoms with E-state index in [0.29, 0.717) is 65.1 Å². The van der Waals surface area contributed by atoms with Gasteiger partial charge in [0.1, 0.15) is 0 Å². The Kier molecular flexibility index (Phi) is 14.0. The molecule has 8 rings (SSSR count). The molecule has 4 aliphatic rings. The second-order valence-electron chi connectivity index (χ2n) is 17.3. The highest BCUT2D eigenvalue weighted by atomic mass is 35.5. The molecule has 0 radical (unpaired) electrons. The lowest BCUT2D eigenvalue weighted by Crippen LogP contribution is -2.41. The number of piperidine rings is 2. The third kappa shape index (κ3) is 9.56. The average Bonchev–Trinajstić information content (AvgIpc) is 3.89. The molecule has 0 saturated carbocycles. The topological polar surface area (TPSA) is 125 Å². The van der Waals surface area contributed by atoms with Crippen LogP contribution in [0.3, 0.4) is 0 Å². The number of alkyl halides is 2. The van der Waals surface area contributed by atoms with E-state index >= 15 is 0 Å². The highest BCUT2D eigenvalue weighted by Gasteiger charge is 2.50. The highest BCUT2D eigenvalue weighted by molar-refractivity contribution is 8.01. The first-order valence-electron chi connectivity index (χ1n) is 22.6. The van der Waals surface area contributed by atoms with Gasteiger partial charge in [0.25, 0.3) is 0 Å². The van der Waals surface area contributed by atoms with Gasteiger partial charge in [-0.15, -0.1) is 35.0 Å². The van der Waals surface area contributed by atoms with E-state index in [-0.39, 0.29) is 35.6 Å². The maximum Gasteiger partial charge on any atom is 0.309 e. The van der Waals surface area contributed by atoms with Gasteiger partial charge in [0.05, 0.1) is 45.3 Å². The number of halogens is 2. The summed E-state index contributed by atoms with van der Waals surface area (Å²) < 4.78 is 8.71. The minimum atomic E-state index is -0.859. The lowest BCUT2D eigenvalue weighted by atomic mass is 9.86. The smallest absolute Gasteiger partial charge is 0.309 e. The van der Waals surface area contributed by atoms with E-state index in [4.69, 9.17) is 32.7 Å². The number of likely N-dealkylation sites (tertiary alicyclic amines) is 2. The van der Waals surface area contributed by atoms with Crippen molar-refractivity contribution in [2.45, 2.75) is 73.6 Å². The lowest BCUT2D eigenvalue weighted by Gasteiger charge is -2.46. The Morgan fingerprint density at radius 1 is 0.677 bits per heavy atom. The van der Waals surface area contributed by atoms with Crippen LogP contribution in [-0.2, 0) is 38.1 Å². The van der Waals surface area contributed by atoms with Gasteiger partial charge in [-0.25, -0.2) is 0 Å². The SMILES string of the molecule is CCOC(=O)C1CCN(C(=O)/C=C/C2=CC(Cl)C(SC3(c4ccc5[nH]cc(C)c5c4)C=CC(/C=C/C(=O)N4CCC(C(=O)OCC)CC4)=CC3Cl)(c3ccc4[nH]cc(C)c4c3)C=C2)CC1. The fourth-order valence-electron chi connectivity index (χ4n) is 9.38. The molecule has 4 unspecified atom stereocenters. The summed E-state index contributed by atoms with van der Waals surface area (Å²) in [6.45, 7) is 10.4. The van der Waals surface area contributed by atoms with E-state index < -0.39 is 20.2 Å². The summed E-state index contributed by atoms with van der Waals surface area (Å²) in [7, 11) is 0. The van der Waals surface area contributed by atoms with Crippen molar-refractivity contribution in [3.63, 3.8) is 0 Å². The molecule has 2 aromatic carbocycles. The molecule has 65 heavy (non-hydrogen) atoms.